The van der Waals surface area contributed by atoms with E-state index in [0.717, 1.165) is 62.1 Å². The van der Waals surface area contributed by atoms with Gasteiger partial charge in [-0.05, 0) is 23.8 Å². The van der Waals surface area contributed by atoms with Gasteiger partial charge in [-0.15, -0.1) is 0 Å². The second-order valence-corrected chi connectivity index (χ2v) is 6.70. The first kappa shape index (κ1) is 18.2. The summed E-state index contributed by atoms with van der Waals surface area (Å²) in [6.07, 6.45) is 0. The maximum absolute atomic E-state index is 6.17. The Morgan fingerprint density at radius 2 is 1.92 bits per heavy atom. The van der Waals surface area contributed by atoms with Gasteiger partial charge >= 0.3 is 0 Å². The van der Waals surface area contributed by atoms with E-state index in [2.05, 4.69) is 27.7 Å². The predicted molar refractivity (Wildman–Crippen MR) is 103 cm³/mol. The van der Waals surface area contributed by atoms with Gasteiger partial charge in [0, 0.05) is 56.4 Å². The third-order valence-electron chi connectivity index (χ3n) is 4.39. The third kappa shape index (κ3) is 6.01. The van der Waals surface area contributed by atoms with E-state index in [1.54, 1.807) is 0 Å². The lowest BCUT2D eigenvalue weighted by Crippen LogP contribution is -2.45. The van der Waals surface area contributed by atoms with Crippen molar-refractivity contribution in [2.75, 3.05) is 39.3 Å². The van der Waals surface area contributed by atoms with Crippen molar-refractivity contribution in [1.82, 2.24) is 15.5 Å². The standard InChI is InChI=1S/C20H26ClN3O/c21-20-7-2-1-5-18(20)16-25-19-6-3-4-17(14-19)15-23-10-13-24-11-8-22-9-12-24/h1-7,14,22-23H,8-13,15-16H2. The summed E-state index contributed by atoms with van der Waals surface area (Å²) in [5, 5.41) is 7.64. The highest BCUT2D eigenvalue weighted by molar-refractivity contribution is 6.31. The second kappa shape index (κ2) is 9.78. The minimum atomic E-state index is 0.486. The normalized spacial score (nSPS) is 15.2. The molecule has 4 nitrogen and oxygen atoms in total. The highest BCUT2D eigenvalue weighted by Crippen LogP contribution is 2.19. The molecule has 1 fully saturated rings. The van der Waals surface area contributed by atoms with E-state index in [9.17, 15) is 0 Å². The summed E-state index contributed by atoms with van der Waals surface area (Å²) in [6.45, 7) is 7.94. The minimum Gasteiger partial charge on any atom is -0.489 e. The van der Waals surface area contributed by atoms with Gasteiger partial charge in [-0.2, -0.15) is 0 Å². The van der Waals surface area contributed by atoms with Crippen molar-refractivity contribution in [3.05, 3.63) is 64.7 Å². The Bertz CT molecular complexity index is 659. The van der Waals surface area contributed by atoms with Gasteiger partial charge in [-0.3, -0.25) is 4.90 Å². The minimum absolute atomic E-state index is 0.486. The fraction of sp³-hybridized carbons (Fsp3) is 0.400. The zero-order chi connectivity index (χ0) is 17.3. The molecule has 0 bridgehead atoms. The van der Waals surface area contributed by atoms with Gasteiger partial charge in [0.2, 0.25) is 0 Å². The van der Waals surface area contributed by atoms with Crippen molar-refractivity contribution in [1.29, 1.82) is 0 Å². The Morgan fingerprint density at radius 3 is 2.76 bits per heavy atom. The molecule has 0 saturated carbocycles. The van der Waals surface area contributed by atoms with Crippen LogP contribution >= 0.6 is 11.6 Å². The van der Waals surface area contributed by atoms with Gasteiger partial charge in [0.05, 0.1) is 0 Å². The van der Waals surface area contributed by atoms with Crippen molar-refractivity contribution in [3.8, 4) is 5.75 Å². The number of ether oxygens (including phenoxy) is 1. The van der Waals surface area contributed by atoms with Crippen LogP contribution in [0.3, 0.4) is 0 Å². The molecule has 1 heterocycles. The molecular weight excluding hydrogens is 334 g/mol. The average molecular weight is 360 g/mol. The van der Waals surface area contributed by atoms with Crippen molar-refractivity contribution in [3.63, 3.8) is 0 Å². The van der Waals surface area contributed by atoms with E-state index in [1.807, 2.05) is 36.4 Å². The van der Waals surface area contributed by atoms with Crippen LogP contribution in [-0.4, -0.2) is 44.2 Å². The van der Waals surface area contributed by atoms with Crippen molar-refractivity contribution in [2.24, 2.45) is 0 Å². The molecule has 0 unspecified atom stereocenters. The number of piperazine rings is 1. The molecule has 0 aromatic heterocycles. The molecule has 0 atom stereocenters. The third-order valence-corrected chi connectivity index (χ3v) is 4.76. The van der Waals surface area contributed by atoms with Gasteiger partial charge in [0.1, 0.15) is 12.4 Å². The molecule has 0 radical (unpaired) electrons. The lowest BCUT2D eigenvalue weighted by Gasteiger charge is -2.27. The monoisotopic (exact) mass is 359 g/mol. The lowest BCUT2D eigenvalue weighted by atomic mass is 10.2. The average Bonchev–Trinajstić information content (AvgIpc) is 2.66. The van der Waals surface area contributed by atoms with Crippen LogP contribution in [0.1, 0.15) is 11.1 Å². The van der Waals surface area contributed by atoms with Crippen LogP contribution in [0.25, 0.3) is 0 Å². The summed E-state index contributed by atoms with van der Waals surface area (Å²) in [4.78, 5) is 2.49. The fourth-order valence-electron chi connectivity index (χ4n) is 2.93. The zero-order valence-electron chi connectivity index (χ0n) is 14.5. The molecule has 0 spiro atoms. The summed E-state index contributed by atoms with van der Waals surface area (Å²) >= 11 is 6.17. The molecule has 0 aliphatic carbocycles. The summed E-state index contributed by atoms with van der Waals surface area (Å²) in [5.74, 6) is 0.876. The van der Waals surface area contributed by atoms with E-state index in [-0.39, 0.29) is 0 Å². The highest BCUT2D eigenvalue weighted by Gasteiger charge is 2.08. The number of nitrogens with one attached hydrogen (secondary N) is 2. The molecule has 0 amide bonds. The number of hydrogen-bond donors (Lipinski definition) is 2. The van der Waals surface area contributed by atoms with Gasteiger partial charge in [0.25, 0.3) is 0 Å². The van der Waals surface area contributed by atoms with Crippen LogP contribution in [0.5, 0.6) is 5.75 Å². The number of hydrogen-bond acceptors (Lipinski definition) is 4. The molecule has 134 valence electrons. The van der Waals surface area contributed by atoms with Crippen molar-refractivity contribution < 1.29 is 4.74 Å². The van der Waals surface area contributed by atoms with Gasteiger partial charge < -0.3 is 15.4 Å². The molecule has 3 rings (SSSR count). The summed E-state index contributed by atoms with van der Waals surface area (Å²) < 4.78 is 5.89. The lowest BCUT2D eigenvalue weighted by molar-refractivity contribution is 0.241. The van der Waals surface area contributed by atoms with E-state index in [4.69, 9.17) is 16.3 Å². The van der Waals surface area contributed by atoms with E-state index < -0.39 is 0 Å². The topological polar surface area (TPSA) is 36.5 Å². The first-order chi connectivity index (χ1) is 12.3. The summed E-state index contributed by atoms with van der Waals surface area (Å²) in [5.41, 5.74) is 2.24. The summed E-state index contributed by atoms with van der Waals surface area (Å²) in [7, 11) is 0. The Labute approximate surface area is 155 Å². The van der Waals surface area contributed by atoms with Crippen LogP contribution in [0.15, 0.2) is 48.5 Å². The van der Waals surface area contributed by atoms with Crippen LogP contribution < -0.4 is 15.4 Å². The molecular formula is C20H26ClN3O. The zero-order valence-corrected chi connectivity index (χ0v) is 15.3. The SMILES string of the molecule is Clc1ccccc1COc1cccc(CNCCN2CCNCC2)c1. The molecule has 2 aromatic rings. The van der Waals surface area contributed by atoms with E-state index >= 15 is 0 Å². The molecule has 1 aliphatic rings. The first-order valence-electron chi connectivity index (χ1n) is 8.90. The highest BCUT2D eigenvalue weighted by atomic mass is 35.5. The Balaban J connectivity index is 1.42. The van der Waals surface area contributed by atoms with Crippen LogP contribution in [0, 0.1) is 0 Å². The van der Waals surface area contributed by atoms with Crippen molar-refractivity contribution in [2.45, 2.75) is 13.2 Å². The predicted octanol–water partition coefficient (Wildman–Crippen LogP) is 2.91. The van der Waals surface area contributed by atoms with E-state index in [0.29, 0.717) is 6.61 Å². The number of nitrogens with zero attached hydrogens (tertiary/aromatic N) is 1. The van der Waals surface area contributed by atoms with Crippen molar-refractivity contribution >= 4 is 11.6 Å². The molecule has 1 aliphatic heterocycles. The molecule has 1 saturated heterocycles. The van der Waals surface area contributed by atoms with E-state index in [1.165, 1.54) is 5.56 Å². The number of halogens is 1. The maximum atomic E-state index is 6.17. The number of benzene rings is 2. The smallest absolute Gasteiger partial charge is 0.120 e. The Hall–Kier alpha value is -1.59. The second-order valence-electron chi connectivity index (χ2n) is 6.30. The molecule has 25 heavy (non-hydrogen) atoms. The Morgan fingerprint density at radius 1 is 1.08 bits per heavy atom. The van der Waals surface area contributed by atoms with Crippen LogP contribution in [0.4, 0.5) is 0 Å². The maximum Gasteiger partial charge on any atom is 0.120 e. The van der Waals surface area contributed by atoms with Gasteiger partial charge in [-0.1, -0.05) is 41.9 Å². The number of rotatable bonds is 8. The fourth-order valence-corrected chi connectivity index (χ4v) is 3.12. The quantitative estimate of drug-likeness (QED) is 0.710. The van der Waals surface area contributed by atoms with Crippen LogP contribution in [-0.2, 0) is 13.2 Å². The van der Waals surface area contributed by atoms with Gasteiger partial charge in [0.15, 0.2) is 0 Å². The van der Waals surface area contributed by atoms with Gasteiger partial charge in [-0.25, -0.2) is 0 Å². The Kier molecular flexibility index (Phi) is 7.12. The molecule has 2 N–H and O–H groups in total. The molecule has 5 heteroatoms. The first-order valence-corrected chi connectivity index (χ1v) is 9.28. The largest absolute Gasteiger partial charge is 0.489 e. The molecule has 2 aromatic carbocycles. The summed E-state index contributed by atoms with van der Waals surface area (Å²) in [6, 6.07) is 16.0. The van der Waals surface area contributed by atoms with Crippen LogP contribution in [0.2, 0.25) is 5.02 Å².